The normalized spacial score (nSPS) is 23.8. The average Bonchev–Trinajstić information content (AvgIpc) is 2.47. The first-order valence-corrected chi connectivity index (χ1v) is 5.72. The van der Waals surface area contributed by atoms with Crippen molar-refractivity contribution < 1.29 is 4.79 Å². The maximum atomic E-state index is 11.5. The predicted octanol–water partition coefficient (Wildman–Crippen LogP) is 2.65. The first kappa shape index (κ1) is 14.6. The van der Waals surface area contributed by atoms with E-state index in [-0.39, 0.29) is 30.4 Å². The van der Waals surface area contributed by atoms with Gasteiger partial charge in [0.15, 0.2) is 0 Å². The number of amides is 1. The Morgan fingerprint density at radius 1 is 1.35 bits per heavy atom. The largest absolute Gasteiger partial charge is 0.337 e. The first-order chi connectivity index (χ1) is 7.50. The SMILES string of the molecule is CN1C(=O)C[C@H](N)[C@@H]1c1ccc(Cl)c(Cl)c1.Cl. The molecule has 6 heteroatoms. The molecule has 17 heavy (non-hydrogen) atoms. The predicted molar refractivity (Wildman–Crippen MR) is 71.8 cm³/mol. The summed E-state index contributed by atoms with van der Waals surface area (Å²) in [5.74, 6) is 0.0589. The van der Waals surface area contributed by atoms with E-state index in [1.165, 1.54) is 0 Å². The summed E-state index contributed by atoms with van der Waals surface area (Å²) >= 11 is 11.8. The van der Waals surface area contributed by atoms with Gasteiger partial charge >= 0.3 is 0 Å². The number of carbonyl (C=O) groups excluding carboxylic acids is 1. The lowest BCUT2D eigenvalue weighted by Gasteiger charge is -2.23. The summed E-state index contributed by atoms with van der Waals surface area (Å²) < 4.78 is 0. The molecule has 2 atom stereocenters. The van der Waals surface area contributed by atoms with Gasteiger partial charge in [0.1, 0.15) is 0 Å². The summed E-state index contributed by atoms with van der Waals surface area (Å²) in [4.78, 5) is 13.2. The number of likely N-dealkylation sites (tertiary alicyclic amines) is 1. The second-order valence-corrected chi connectivity index (χ2v) is 4.81. The van der Waals surface area contributed by atoms with E-state index >= 15 is 0 Å². The molecule has 1 fully saturated rings. The number of rotatable bonds is 1. The Kier molecular flexibility index (Phi) is 4.67. The second-order valence-electron chi connectivity index (χ2n) is 3.99. The number of nitrogens with two attached hydrogens (primary N) is 1. The molecule has 1 amide bonds. The minimum atomic E-state index is -0.185. The van der Waals surface area contributed by atoms with Crippen molar-refractivity contribution in [2.45, 2.75) is 18.5 Å². The number of carbonyl (C=O) groups is 1. The van der Waals surface area contributed by atoms with E-state index in [2.05, 4.69) is 0 Å². The van der Waals surface area contributed by atoms with E-state index < -0.39 is 0 Å². The van der Waals surface area contributed by atoms with E-state index in [1.807, 2.05) is 6.07 Å². The molecule has 0 radical (unpaired) electrons. The van der Waals surface area contributed by atoms with Gasteiger partial charge in [-0.3, -0.25) is 4.79 Å². The van der Waals surface area contributed by atoms with E-state index in [0.717, 1.165) is 5.56 Å². The molecular formula is C11H13Cl3N2O. The summed E-state index contributed by atoms with van der Waals surface area (Å²) in [6.07, 6.45) is 0.376. The monoisotopic (exact) mass is 294 g/mol. The smallest absolute Gasteiger partial charge is 0.224 e. The third-order valence-electron chi connectivity index (χ3n) is 2.91. The van der Waals surface area contributed by atoms with Crippen LogP contribution in [0.25, 0.3) is 0 Å². The number of hydrogen-bond acceptors (Lipinski definition) is 2. The van der Waals surface area contributed by atoms with Crippen LogP contribution >= 0.6 is 35.6 Å². The molecule has 1 aromatic carbocycles. The van der Waals surface area contributed by atoms with Crippen LogP contribution < -0.4 is 5.73 Å². The zero-order chi connectivity index (χ0) is 11.9. The fourth-order valence-electron chi connectivity index (χ4n) is 2.07. The standard InChI is InChI=1S/C11H12Cl2N2O.ClH/c1-15-10(16)5-9(14)11(15)6-2-3-7(12)8(13)4-6;/h2-4,9,11H,5,14H2,1H3;1H/t9-,11-;/m0./s1. The molecule has 0 saturated carbocycles. The summed E-state index contributed by atoms with van der Waals surface area (Å²) in [6.45, 7) is 0. The van der Waals surface area contributed by atoms with Gasteiger partial charge in [0.05, 0.1) is 16.1 Å². The lowest BCUT2D eigenvalue weighted by molar-refractivity contribution is -0.127. The molecule has 0 spiro atoms. The Balaban J connectivity index is 0.00000144. The fraction of sp³-hybridized carbons (Fsp3) is 0.364. The third-order valence-corrected chi connectivity index (χ3v) is 3.65. The van der Waals surface area contributed by atoms with Crippen LogP contribution in [0.3, 0.4) is 0 Å². The molecule has 2 N–H and O–H groups in total. The number of benzene rings is 1. The van der Waals surface area contributed by atoms with Crippen molar-refractivity contribution in [3.8, 4) is 0 Å². The van der Waals surface area contributed by atoms with Crippen LogP contribution in [-0.4, -0.2) is 23.9 Å². The molecule has 1 heterocycles. The Labute approximate surface area is 116 Å². The molecular weight excluding hydrogens is 282 g/mol. The fourth-order valence-corrected chi connectivity index (χ4v) is 2.37. The number of halogens is 3. The molecule has 0 aliphatic carbocycles. The topological polar surface area (TPSA) is 46.3 Å². The van der Waals surface area contributed by atoms with Crippen molar-refractivity contribution in [1.29, 1.82) is 0 Å². The van der Waals surface area contributed by atoms with Crippen molar-refractivity contribution in [2.24, 2.45) is 5.73 Å². The van der Waals surface area contributed by atoms with Crippen molar-refractivity contribution >= 4 is 41.5 Å². The Morgan fingerprint density at radius 3 is 2.47 bits per heavy atom. The van der Waals surface area contributed by atoms with Gasteiger partial charge in [-0.2, -0.15) is 0 Å². The zero-order valence-electron chi connectivity index (χ0n) is 9.19. The molecule has 1 aliphatic rings. The van der Waals surface area contributed by atoms with Crippen LogP contribution in [-0.2, 0) is 4.79 Å². The van der Waals surface area contributed by atoms with Gasteiger partial charge in [-0.25, -0.2) is 0 Å². The van der Waals surface area contributed by atoms with Crippen LogP contribution in [0.2, 0.25) is 10.0 Å². The molecule has 0 unspecified atom stereocenters. The van der Waals surface area contributed by atoms with Gasteiger partial charge in [-0.15, -0.1) is 12.4 Å². The van der Waals surface area contributed by atoms with Crippen LogP contribution in [0.5, 0.6) is 0 Å². The van der Waals surface area contributed by atoms with Crippen LogP contribution in [0, 0.1) is 0 Å². The molecule has 1 aliphatic heterocycles. The maximum Gasteiger partial charge on any atom is 0.224 e. The zero-order valence-corrected chi connectivity index (χ0v) is 11.5. The molecule has 3 nitrogen and oxygen atoms in total. The van der Waals surface area contributed by atoms with Gasteiger partial charge in [0.25, 0.3) is 0 Å². The molecule has 2 rings (SSSR count). The van der Waals surface area contributed by atoms with Crippen molar-refractivity contribution in [1.82, 2.24) is 4.90 Å². The second kappa shape index (κ2) is 5.44. The molecule has 0 aromatic heterocycles. The number of likely N-dealkylation sites (N-methyl/N-ethyl adjacent to an activating group) is 1. The first-order valence-electron chi connectivity index (χ1n) is 4.97. The number of hydrogen-bond donors (Lipinski definition) is 1. The minimum absolute atomic E-state index is 0. The Hall–Kier alpha value is -0.480. The summed E-state index contributed by atoms with van der Waals surface area (Å²) in [5, 5.41) is 0.991. The highest BCUT2D eigenvalue weighted by atomic mass is 35.5. The van der Waals surface area contributed by atoms with E-state index in [4.69, 9.17) is 28.9 Å². The van der Waals surface area contributed by atoms with Crippen LogP contribution in [0.15, 0.2) is 18.2 Å². The molecule has 1 saturated heterocycles. The highest BCUT2D eigenvalue weighted by Gasteiger charge is 2.36. The minimum Gasteiger partial charge on any atom is -0.337 e. The van der Waals surface area contributed by atoms with Gasteiger partial charge < -0.3 is 10.6 Å². The quantitative estimate of drug-likeness (QED) is 0.866. The number of nitrogens with zero attached hydrogens (tertiary/aromatic N) is 1. The van der Waals surface area contributed by atoms with E-state index in [9.17, 15) is 4.79 Å². The molecule has 1 aromatic rings. The highest BCUT2D eigenvalue weighted by Crippen LogP contribution is 2.33. The van der Waals surface area contributed by atoms with Crippen molar-refractivity contribution in [3.05, 3.63) is 33.8 Å². The van der Waals surface area contributed by atoms with Crippen molar-refractivity contribution in [3.63, 3.8) is 0 Å². The van der Waals surface area contributed by atoms with Gasteiger partial charge in [-0.05, 0) is 17.7 Å². The lowest BCUT2D eigenvalue weighted by Crippen LogP contribution is -2.30. The maximum absolute atomic E-state index is 11.5. The van der Waals surface area contributed by atoms with E-state index in [1.54, 1.807) is 24.1 Å². The van der Waals surface area contributed by atoms with Gasteiger partial charge in [-0.1, -0.05) is 29.3 Å². The average molecular weight is 296 g/mol. The summed E-state index contributed by atoms with van der Waals surface area (Å²) in [5.41, 5.74) is 6.87. The van der Waals surface area contributed by atoms with Crippen molar-refractivity contribution in [2.75, 3.05) is 7.05 Å². The van der Waals surface area contributed by atoms with Crippen LogP contribution in [0.4, 0.5) is 0 Å². The van der Waals surface area contributed by atoms with Gasteiger partial charge in [0, 0.05) is 19.5 Å². The Morgan fingerprint density at radius 2 is 2.00 bits per heavy atom. The molecule has 0 bridgehead atoms. The highest BCUT2D eigenvalue weighted by molar-refractivity contribution is 6.42. The Bertz CT molecular complexity index is 439. The molecule has 94 valence electrons. The summed E-state index contributed by atoms with van der Waals surface area (Å²) in [7, 11) is 1.75. The van der Waals surface area contributed by atoms with Gasteiger partial charge in [0.2, 0.25) is 5.91 Å². The van der Waals surface area contributed by atoms with E-state index in [0.29, 0.717) is 16.5 Å². The lowest BCUT2D eigenvalue weighted by atomic mass is 10.0. The summed E-state index contributed by atoms with van der Waals surface area (Å²) in [6, 6.07) is 5.05. The van der Waals surface area contributed by atoms with Crippen LogP contribution in [0.1, 0.15) is 18.0 Å². The third kappa shape index (κ3) is 2.68.